The molecule has 33 heavy (non-hydrogen) atoms. The monoisotopic (exact) mass is 449 g/mol. The van der Waals surface area contributed by atoms with E-state index in [9.17, 15) is 24.0 Å². The lowest BCUT2D eigenvalue weighted by Crippen LogP contribution is -2.44. The van der Waals surface area contributed by atoms with Crippen molar-refractivity contribution in [3.8, 4) is 0 Å². The van der Waals surface area contributed by atoms with Gasteiger partial charge in [-0.1, -0.05) is 26.0 Å². The number of nitrogens with zero attached hydrogens (tertiary/aromatic N) is 2. The predicted octanol–water partition coefficient (Wildman–Crippen LogP) is 2.47. The molecule has 170 valence electrons. The second-order valence-electron chi connectivity index (χ2n) is 8.33. The molecule has 0 aliphatic carbocycles. The van der Waals surface area contributed by atoms with Gasteiger partial charge in [0.05, 0.1) is 28.1 Å². The van der Waals surface area contributed by atoms with Gasteiger partial charge in [0.2, 0.25) is 5.91 Å². The molecule has 4 amide bonds. The Morgan fingerprint density at radius 2 is 1.76 bits per heavy atom. The smallest absolute Gasteiger partial charge is 0.338 e. The summed E-state index contributed by atoms with van der Waals surface area (Å²) in [5.41, 5.74) is 1.46. The Bertz CT molecular complexity index is 1170. The molecule has 2 heterocycles. The van der Waals surface area contributed by atoms with Crippen LogP contribution in [0.5, 0.6) is 0 Å². The maximum Gasteiger partial charge on any atom is 0.338 e. The van der Waals surface area contributed by atoms with Crippen molar-refractivity contribution in [3.63, 3.8) is 0 Å². The average molecular weight is 449 g/mol. The van der Waals surface area contributed by atoms with Crippen molar-refractivity contribution in [1.29, 1.82) is 0 Å². The van der Waals surface area contributed by atoms with Crippen molar-refractivity contribution in [2.45, 2.75) is 20.3 Å². The molecule has 0 spiro atoms. The average Bonchev–Trinajstić information content (AvgIpc) is 3.04. The number of nitrogens with one attached hydrogen (secondary N) is 1. The van der Waals surface area contributed by atoms with Gasteiger partial charge < -0.3 is 10.1 Å². The number of fused-ring (bicyclic) bond motifs is 2. The number of amides is 4. The van der Waals surface area contributed by atoms with Crippen molar-refractivity contribution >= 4 is 41.0 Å². The highest BCUT2D eigenvalue weighted by Crippen LogP contribution is 2.29. The molecule has 1 N–H and O–H groups in total. The van der Waals surface area contributed by atoms with E-state index in [2.05, 4.69) is 5.32 Å². The summed E-state index contributed by atoms with van der Waals surface area (Å²) in [6.45, 7) is 3.55. The summed E-state index contributed by atoms with van der Waals surface area (Å²) in [6, 6.07) is 11.0. The van der Waals surface area contributed by atoms with Crippen LogP contribution in [0.3, 0.4) is 0 Å². The number of para-hydroxylation sites is 2. The van der Waals surface area contributed by atoms with Crippen LogP contribution in [-0.4, -0.2) is 54.2 Å². The highest BCUT2D eigenvalue weighted by Gasteiger charge is 2.36. The number of hydrogen-bond donors (Lipinski definition) is 1. The van der Waals surface area contributed by atoms with Crippen LogP contribution in [0.2, 0.25) is 0 Å². The van der Waals surface area contributed by atoms with Gasteiger partial charge in [-0.15, -0.1) is 0 Å². The lowest BCUT2D eigenvalue weighted by molar-refractivity contribution is -0.124. The Morgan fingerprint density at radius 3 is 2.52 bits per heavy atom. The van der Waals surface area contributed by atoms with E-state index < -0.39 is 24.4 Å². The first-order valence-corrected chi connectivity index (χ1v) is 10.6. The zero-order chi connectivity index (χ0) is 23.7. The van der Waals surface area contributed by atoms with Gasteiger partial charge in [0.15, 0.2) is 6.61 Å². The van der Waals surface area contributed by atoms with E-state index in [0.717, 1.165) is 0 Å². The van der Waals surface area contributed by atoms with Crippen LogP contribution in [0, 0.1) is 5.92 Å². The standard InChI is InChI=1S/C24H23N3O6/c1-14(2)9-10-26-22(30)16-8-7-15(11-17(16)23(26)31)24(32)33-13-21(29)27-12-20(28)25-18-5-3-4-6-19(18)27/h3-8,11,14H,9-10,12-13H2,1-2H3,(H,25,28). The second-order valence-corrected chi connectivity index (χ2v) is 8.33. The minimum absolute atomic E-state index is 0.0604. The van der Waals surface area contributed by atoms with Gasteiger partial charge in [0.1, 0.15) is 6.54 Å². The Kier molecular flexibility index (Phi) is 5.95. The van der Waals surface area contributed by atoms with E-state index in [1.54, 1.807) is 24.3 Å². The fraction of sp³-hybridized carbons (Fsp3) is 0.292. The number of carbonyl (C=O) groups excluding carboxylic acids is 5. The van der Waals surface area contributed by atoms with Crippen molar-refractivity contribution in [2.75, 3.05) is 29.9 Å². The van der Waals surface area contributed by atoms with Gasteiger partial charge in [-0.05, 0) is 42.7 Å². The van der Waals surface area contributed by atoms with Gasteiger partial charge in [0, 0.05) is 6.54 Å². The molecule has 9 nitrogen and oxygen atoms in total. The second kappa shape index (κ2) is 8.85. The third kappa shape index (κ3) is 4.34. The Morgan fingerprint density at radius 1 is 1.03 bits per heavy atom. The van der Waals surface area contributed by atoms with Gasteiger partial charge in [0.25, 0.3) is 17.7 Å². The van der Waals surface area contributed by atoms with Crippen molar-refractivity contribution < 1.29 is 28.7 Å². The molecule has 2 aliphatic heterocycles. The zero-order valence-electron chi connectivity index (χ0n) is 18.3. The number of esters is 1. The van der Waals surface area contributed by atoms with Crippen molar-refractivity contribution in [3.05, 3.63) is 59.2 Å². The van der Waals surface area contributed by atoms with Gasteiger partial charge in [-0.3, -0.25) is 29.0 Å². The molecule has 4 rings (SSSR count). The lowest BCUT2D eigenvalue weighted by atomic mass is 10.1. The fourth-order valence-corrected chi connectivity index (χ4v) is 3.75. The molecule has 0 saturated heterocycles. The SMILES string of the molecule is CC(C)CCN1C(=O)c2ccc(C(=O)OCC(=O)N3CC(=O)Nc4ccccc43)cc2C1=O. The molecule has 0 aromatic heterocycles. The first-order chi connectivity index (χ1) is 15.8. The molecule has 0 fully saturated rings. The summed E-state index contributed by atoms with van der Waals surface area (Å²) < 4.78 is 5.15. The molecule has 2 aromatic rings. The fourth-order valence-electron chi connectivity index (χ4n) is 3.75. The van der Waals surface area contributed by atoms with Gasteiger partial charge >= 0.3 is 5.97 Å². The quantitative estimate of drug-likeness (QED) is 0.536. The summed E-state index contributed by atoms with van der Waals surface area (Å²) >= 11 is 0. The minimum atomic E-state index is -0.804. The number of carbonyl (C=O) groups is 5. The third-order valence-corrected chi connectivity index (χ3v) is 5.53. The largest absolute Gasteiger partial charge is 0.452 e. The molecule has 0 unspecified atom stereocenters. The molecule has 2 aromatic carbocycles. The van der Waals surface area contributed by atoms with E-state index in [1.807, 2.05) is 13.8 Å². The highest BCUT2D eigenvalue weighted by atomic mass is 16.5. The first-order valence-electron chi connectivity index (χ1n) is 10.6. The number of ether oxygens (including phenoxy) is 1. The summed E-state index contributed by atoms with van der Waals surface area (Å²) in [5, 5.41) is 2.68. The topological polar surface area (TPSA) is 113 Å². The summed E-state index contributed by atoms with van der Waals surface area (Å²) in [4.78, 5) is 64.7. The maximum atomic E-state index is 12.7. The van der Waals surface area contributed by atoms with Crippen LogP contribution < -0.4 is 10.2 Å². The van der Waals surface area contributed by atoms with Crippen LogP contribution in [0.25, 0.3) is 0 Å². The van der Waals surface area contributed by atoms with Crippen LogP contribution in [0.1, 0.15) is 51.3 Å². The van der Waals surface area contributed by atoms with Crippen LogP contribution in [0.4, 0.5) is 11.4 Å². The van der Waals surface area contributed by atoms with Crippen molar-refractivity contribution in [2.24, 2.45) is 5.92 Å². The number of hydrogen-bond acceptors (Lipinski definition) is 6. The summed E-state index contributed by atoms with van der Waals surface area (Å²) in [5.74, 6) is -2.21. The number of anilines is 2. The molecular weight excluding hydrogens is 426 g/mol. The van der Waals surface area contributed by atoms with Crippen LogP contribution in [0.15, 0.2) is 42.5 Å². The van der Waals surface area contributed by atoms with Gasteiger partial charge in [-0.2, -0.15) is 0 Å². The lowest BCUT2D eigenvalue weighted by Gasteiger charge is -2.28. The van der Waals surface area contributed by atoms with E-state index in [0.29, 0.717) is 30.3 Å². The molecule has 0 saturated carbocycles. The van der Waals surface area contributed by atoms with Gasteiger partial charge in [-0.25, -0.2) is 4.79 Å². The molecule has 2 aliphatic rings. The Labute approximate surface area is 190 Å². The molecular formula is C24H23N3O6. The van der Waals surface area contributed by atoms with Crippen LogP contribution in [-0.2, 0) is 14.3 Å². The summed E-state index contributed by atoms with van der Waals surface area (Å²) in [7, 11) is 0. The number of rotatable bonds is 6. The first kappa shape index (κ1) is 22.2. The normalized spacial score (nSPS) is 14.8. The van der Waals surface area contributed by atoms with Crippen LogP contribution >= 0.6 is 0 Å². The van der Waals surface area contributed by atoms with E-state index >= 15 is 0 Å². The van der Waals surface area contributed by atoms with E-state index in [4.69, 9.17) is 4.74 Å². The highest BCUT2D eigenvalue weighted by molar-refractivity contribution is 6.22. The van der Waals surface area contributed by atoms with E-state index in [-0.39, 0.29) is 35.0 Å². The minimum Gasteiger partial charge on any atom is -0.452 e. The Balaban J connectivity index is 1.44. The predicted molar refractivity (Wildman–Crippen MR) is 119 cm³/mol. The van der Waals surface area contributed by atoms with E-state index in [1.165, 1.54) is 28.0 Å². The molecule has 0 bridgehead atoms. The molecule has 0 radical (unpaired) electrons. The number of imide groups is 1. The zero-order valence-corrected chi connectivity index (χ0v) is 18.3. The Hall–Kier alpha value is -4.01. The maximum absolute atomic E-state index is 12.7. The molecule has 0 atom stereocenters. The van der Waals surface area contributed by atoms with Crippen molar-refractivity contribution in [1.82, 2.24) is 4.90 Å². The summed E-state index contributed by atoms with van der Waals surface area (Å²) in [6.07, 6.45) is 0.681. The molecule has 9 heteroatoms. The third-order valence-electron chi connectivity index (χ3n) is 5.53. The number of benzene rings is 2.